The highest BCUT2D eigenvalue weighted by Gasteiger charge is 2.65. The van der Waals surface area contributed by atoms with E-state index in [0.29, 0.717) is 0 Å². The Bertz CT molecular complexity index is 247. The van der Waals surface area contributed by atoms with Crippen LogP contribution in [0, 0.1) is 41.4 Å². The highest BCUT2D eigenvalue weighted by Crippen LogP contribution is 2.72. The van der Waals surface area contributed by atoms with Crippen LogP contribution in [0.2, 0.25) is 0 Å². The minimum Gasteiger partial charge on any atom is -0.0622 e. The molecule has 0 radical (unpaired) electrons. The predicted octanol–water partition coefficient (Wildman–Crippen LogP) is 3.71. The van der Waals surface area contributed by atoms with Gasteiger partial charge in [0.15, 0.2) is 0 Å². The summed E-state index contributed by atoms with van der Waals surface area (Å²) in [6, 6.07) is 0. The molecule has 0 heteroatoms. The molecule has 0 amide bonds. The Hall–Kier alpha value is 0. The van der Waals surface area contributed by atoms with Crippen molar-refractivity contribution >= 4 is 0 Å². The second-order valence-corrected chi connectivity index (χ2v) is 6.71. The fourth-order valence-corrected chi connectivity index (χ4v) is 4.53. The van der Waals surface area contributed by atoms with E-state index in [1.165, 1.54) is 29.6 Å². The fraction of sp³-hybridized carbons (Fsp3) is 1.00. The normalized spacial score (nSPS) is 52.1. The Labute approximate surface area is 87.5 Å². The van der Waals surface area contributed by atoms with Crippen molar-refractivity contribution < 1.29 is 0 Å². The van der Waals surface area contributed by atoms with E-state index in [9.17, 15) is 0 Å². The average Bonchev–Trinajstić information content (AvgIpc) is 2.89. The zero-order chi connectivity index (χ0) is 9.28. The number of rotatable bonds is 4. The Morgan fingerprint density at radius 1 is 1.07 bits per heavy atom. The van der Waals surface area contributed by atoms with Crippen molar-refractivity contribution in [3.8, 4) is 0 Å². The highest BCUT2D eigenvalue weighted by atomic mass is 14.7. The second-order valence-electron chi connectivity index (χ2n) is 6.71. The van der Waals surface area contributed by atoms with Crippen molar-refractivity contribution in [1.82, 2.24) is 0 Å². The van der Waals surface area contributed by atoms with E-state index in [1.54, 1.807) is 38.5 Å². The quantitative estimate of drug-likeness (QED) is 0.634. The molecule has 78 valence electrons. The van der Waals surface area contributed by atoms with Gasteiger partial charge in [0.25, 0.3) is 0 Å². The largest absolute Gasteiger partial charge is 0.0622 e. The van der Waals surface area contributed by atoms with Crippen LogP contribution in [0.15, 0.2) is 0 Å². The van der Waals surface area contributed by atoms with E-state index in [4.69, 9.17) is 0 Å². The van der Waals surface area contributed by atoms with Gasteiger partial charge in [-0.2, -0.15) is 0 Å². The van der Waals surface area contributed by atoms with Gasteiger partial charge in [0.05, 0.1) is 0 Å². The molecule has 4 rings (SSSR count). The van der Waals surface area contributed by atoms with Gasteiger partial charge in [0, 0.05) is 0 Å². The van der Waals surface area contributed by atoms with Crippen molar-refractivity contribution in [1.29, 1.82) is 0 Å². The standard InChI is InChI=1S/C14H22/c1-8(6-9-2-3-9)13-11-7-12(11)14(13)10-4-5-10/h8-14H,2-7H2,1H3. The lowest BCUT2D eigenvalue weighted by molar-refractivity contribution is 0.0683. The Morgan fingerprint density at radius 2 is 1.86 bits per heavy atom. The van der Waals surface area contributed by atoms with Gasteiger partial charge >= 0.3 is 0 Å². The Balaban J connectivity index is 1.43. The highest BCUT2D eigenvalue weighted by molar-refractivity contribution is 5.13. The average molecular weight is 190 g/mol. The molecule has 0 aromatic heterocycles. The maximum absolute atomic E-state index is 2.56. The summed E-state index contributed by atoms with van der Waals surface area (Å²) in [4.78, 5) is 0. The first kappa shape index (κ1) is 8.19. The minimum absolute atomic E-state index is 1.08. The summed E-state index contributed by atoms with van der Waals surface area (Å²) in [5, 5.41) is 0. The molecule has 0 heterocycles. The first-order valence-electron chi connectivity index (χ1n) is 6.84. The van der Waals surface area contributed by atoms with E-state index in [-0.39, 0.29) is 0 Å². The maximum atomic E-state index is 2.56. The van der Waals surface area contributed by atoms with Gasteiger partial charge in [-0.15, -0.1) is 0 Å². The molecule has 0 spiro atoms. The van der Waals surface area contributed by atoms with Gasteiger partial charge in [0.2, 0.25) is 0 Å². The van der Waals surface area contributed by atoms with Crippen LogP contribution < -0.4 is 0 Å². The van der Waals surface area contributed by atoms with Crippen LogP contribution in [0.5, 0.6) is 0 Å². The van der Waals surface area contributed by atoms with Crippen LogP contribution in [0.1, 0.15) is 45.4 Å². The zero-order valence-electron chi connectivity index (χ0n) is 9.28. The third-order valence-electron chi connectivity index (χ3n) is 5.55. The molecular weight excluding hydrogens is 168 g/mol. The first-order chi connectivity index (χ1) is 6.84. The van der Waals surface area contributed by atoms with Crippen LogP contribution in [0.25, 0.3) is 0 Å². The van der Waals surface area contributed by atoms with Gasteiger partial charge in [0.1, 0.15) is 0 Å². The van der Waals surface area contributed by atoms with E-state index in [0.717, 1.165) is 11.8 Å². The molecule has 4 saturated carbocycles. The minimum atomic E-state index is 1.08. The van der Waals surface area contributed by atoms with Crippen molar-refractivity contribution in [3.05, 3.63) is 0 Å². The van der Waals surface area contributed by atoms with Gasteiger partial charge in [-0.3, -0.25) is 0 Å². The summed E-state index contributed by atoms with van der Waals surface area (Å²) in [7, 11) is 0. The van der Waals surface area contributed by atoms with Crippen molar-refractivity contribution in [2.75, 3.05) is 0 Å². The van der Waals surface area contributed by atoms with Crippen LogP contribution in [0.3, 0.4) is 0 Å². The lowest BCUT2D eigenvalue weighted by Gasteiger charge is -2.41. The van der Waals surface area contributed by atoms with Gasteiger partial charge in [-0.05, 0) is 67.1 Å². The van der Waals surface area contributed by atoms with E-state index in [1.807, 2.05) is 0 Å². The summed E-state index contributed by atoms with van der Waals surface area (Å²) in [5.74, 6) is 8.29. The SMILES string of the molecule is CC(CC1CC1)C1C2CC2C1C1CC1. The third-order valence-corrected chi connectivity index (χ3v) is 5.55. The monoisotopic (exact) mass is 190 g/mol. The summed E-state index contributed by atoms with van der Waals surface area (Å²) in [6.07, 6.45) is 9.48. The van der Waals surface area contributed by atoms with Crippen LogP contribution >= 0.6 is 0 Å². The van der Waals surface area contributed by atoms with E-state index >= 15 is 0 Å². The number of fused-ring (bicyclic) bond motifs is 1. The molecule has 0 aromatic carbocycles. The summed E-state index contributed by atoms with van der Waals surface area (Å²) < 4.78 is 0. The molecule has 5 atom stereocenters. The van der Waals surface area contributed by atoms with Crippen molar-refractivity contribution in [3.63, 3.8) is 0 Å². The molecule has 0 saturated heterocycles. The van der Waals surface area contributed by atoms with Crippen molar-refractivity contribution in [2.45, 2.75) is 45.4 Å². The molecule has 0 aliphatic heterocycles. The second kappa shape index (κ2) is 2.57. The van der Waals surface area contributed by atoms with Crippen molar-refractivity contribution in [2.24, 2.45) is 41.4 Å². The maximum Gasteiger partial charge on any atom is -0.0321 e. The summed E-state index contributed by atoms with van der Waals surface area (Å²) in [5.41, 5.74) is 0. The number of hydrogen-bond donors (Lipinski definition) is 0. The van der Waals surface area contributed by atoms with Gasteiger partial charge < -0.3 is 0 Å². The summed E-state index contributed by atoms with van der Waals surface area (Å²) >= 11 is 0. The molecule has 14 heavy (non-hydrogen) atoms. The van der Waals surface area contributed by atoms with Crippen LogP contribution in [-0.2, 0) is 0 Å². The lowest BCUT2D eigenvalue weighted by Crippen LogP contribution is -2.36. The molecule has 0 bridgehead atoms. The predicted molar refractivity (Wildman–Crippen MR) is 57.8 cm³/mol. The molecule has 4 fully saturated rings. The van der Waals surface area contributed by atoms with E-state index < -0.39 is 0 Å². The third kappa shape index (κ3) is 1.12. The van der Waals surface area contributed by atoms with Crippen LogP contribution in [-0.4, -0.2) is 0 Å². The number of hydrogen-bond acceptors (Lipinski definition) is 0. The molecule has 0 nitrogen and oxygen atoms in total. The topological polar surface area (TPSA) is 0 Å². The molecule has 0 aromatic rings. The first-order valence-corrected chi connectivity index (χ1v) is 6.84. The fourth-order valence-electron chi connectivity index (χ4n) is 4.53. The smallest absolute Gasteiger partial charge is 0.0321 e. The summed E-state index contributed by atoms with van der Waals surface area (Å²) in [6.45, 7) is 2.56. The van der Waals surface area contributed by atoms with Crippen LogP contribution in [0.4, 0.5) is 0 Å². The lowest BCUT2D eigenvalue weighted by atomic mass is 9.64. The molecule has 4 aliphatic carbocycles. The van der Waals surface area contributed by atoms with E-state index in [2.05, 4.69) is 6.92 Å². The zero-order valence-corrected chi connectivity index (χ0v) is 9.28. The molecule has 4 aliphatic rings. The van der Waals surface area contributed by atoms with Gasteiger partial charge in [-0.25, -0.2) is 0 Å². The molecule has 0 N–H and O–H groups in total. The Kier molecular flexibility index (Phi) is 1.50. The molecular formula is C14H22. The Morgan fingerprint density at radius 3 is 2.50 bits per heavy atom. The molecule has 5 unspecified atom stereocenters. The van der Waals surface area contributed by atoms with Gasteiger partial charge in [-0.1, -0.05) is 19.8 Å².